The topological polar surface area (TPSA) is 76.1 Å². The SMILES string of the molecule is CCNC(=NCc1ccnc(N2CCCCCC2)c1)N1CCN(CC(=O)NC2CC2)CC1.I. The normalized spacial score (nSPS) is 20.1. The maximum Gasteiger partial charge on any atom is 0.234 e. The predicted octanol–water partition coefficient (Wildman–Crippen LogP) is 2.44. The first-order chi connectivity index (χ1) is 15.7. The van der Waals surface area contributed by atoms with E-state index in [0.717, 1.165) is 70.4 Å². The fourth-order valence-corrected chi connectivity index (χ4v) is 4.45. The van der Waals surface area contributed by atoms with Crippen molar-refractivity contribution >= 4 is 41.7 Å². The molecule has 1 aromatic rings. The minimum atomic E-state index is 0. The van der Waals surface area contributed by atoms with Crippen LogP contribution in [0, 0.1) is 0 Å². The van der Waals surface area contributed by atoms with Crippen LogP contribution < -0.4 is 15.5 Å². The van der Waals surface area contributed by atoms with Crippen LogP contribution in [0.4, 0.5) is 5.82 Å². The zero-order valence-electron chi connectivity index (χ0n) is 20.0. The second-order valence-corrected chi connectivity index (χ2v) is 9.20. The molecule has 1 aliphatic carbocycles. The number of carbonyl (C=O) groups excluding carboxylic acids is 1. The fraction of sp³-hybridized carbons (Fsp3) is 0.708. The van der Waals surface area contributed by atoms with E-state index in [2.05, 4.69) is 49.4 Å². The summed E-state index contributed by atoms with van der Waals surface area (Å²) in [7, 11) is 0. The summed E-state index contributed by atoms with van der Waals surface area (Å²) in [5.41, 5.74) is 1.20. The summed E-state index contributed by atoms with van der Waals surface area (Å²) >= 11 is 0. The van der Waals surface area contributed by atoms with E-state index < -0.39 is 0 Å². The van der Waals surface area contributed by atoms with Crippen molar-refractivity contribution in [1.29, 1.82) is 0 Å². The molecule has 0 unspecified atom stereocenters. The van der Waals surface area contributed by atoms with Crippen LogP contribution >= 0.6 is 24.0 Å². The zero-order chi connectivity index (χ0) is 22.2. The van der Waals surface area contributed by atoms with E-state index in [-0.39, 0.29) is 29.9 Å². The van der Waals surface area contributed by atoms with Crippen LogP contribution in [0.5, 0.6) is 0 Å². The number of anilines is 1. The summed E-state index contributed by atoms with van der Waals surface area (Å²) < 4.78 is 0. The molecule has 3 aliphatic rings. The Bertz CT molecular complexity index is 770. The number of hydrogen-bond acceptors (Lipinski definition) is 5. The van der Waals surface area contributed by atoms with E-state index in [1.54, 1.807) is 0 Å². The highest BCUT2D eigenvalue weighted by molar-refractivity contribution is 14.0. The van der Waals surface area contributed by atoms with Crippen LogP contribution in [0.15, 0.2) is 23.3 Å². The van der Waals surface area contributed by atoms with Crippen molar-refractivity contribution < 1.29 is 4.79 Å². The molecule has 1 aromatic heterocycles. The van der Waals surface area contributed by atoms with Crippen molar-refractivity contribution in [2.24, 2.45) is 4.99 Å². The molecule has 8 nitrogen and oxygen atoms in total. The summed E-state index contributed by atoms with van der Waals surface area (Å²) in [5, 5.41) is 6.54. The fourth-order valence-electron chi connectivity index (χ4n) is 4.45. The van der Waals surface area contributed by atoms with Gasteiger partial charge in [-0.3, -0.25) is 9.69 Å². The Hall–Kier alpha value is -1.62. The number of piperazine rings is 1. The molecule has 1 saturated carbocycles. The van der Waals surface area contributed by atoms with Crippen LogP contribution in [0.3, 0.4) is 0 Å². The molecule has 2 N–H and O–H groups in total. The second kappa shape index (κ2) is 13.3. The van der Waals surface area contributed by atoms with Crippen molar-refractivity contribution in [3.63, 3.8) is 0 Å². The quantitative estimate of drug-likeness (QED) is 0.299. The van der Waals surface area contributed by atoms with Gasteiger partial charge in [-0.15, -0.1) is 24.0 Å². The molecule has 2 aliphatic heterocycles. The third-order valence-electron chi connectivity index (χ3n) is 6.47. The van der Waals surface area contributed by atoms with Crippen LogP contribution in [0.2, 0.25) is 0 Å². The predicted molar refractivity (Wildman–Crippen MR) is 144 cm³/mol. The van der Waals surface area contributed by atoms with E-state index in [9.17, 15) is 4.79 Å². The summed E-state index contributed by atoms with van der Waals surface area (Å²) in [6.45, 7) is 9.86. The second-order valence-electron chi connectivity index (χ2n) is 9.20. The van der Waals surface area contributed by atoms with Gasteiger partial charge in [0.25, 0.3) is 0 Å². The molecule has 184 valence electrons. The van der Waals surface area contributed by atoms with Gasteiger partial charge in [-0.1, -0.05) is 12.8 Å². The molecule has 9 heteroatoms. The van der Waals surface area contributed by atoms with Crippen molar-refractivity contribution in [2.75, 3.05) is 57.3 Å². The van der Waals surface area contributed by atoms with E-state index in [1.165, 1.54) is 31.2 Å². The molecule has 0 bridgehead atoms. The highest BCUT2D eigenvalue weighted by Gasteiger charge is 2.26. The number of aromatic nitrogens is 1. The number of amides is 1. The van der Waals surface area contributed by atoms with Crippen molar-refractivity contribution in [3.8, 4) is 0 Å². The lowest BCUT2D eigenvalue weighted by Gasteiger charge is -2.36. The first kappa shape index (κ1) is 26.0. The van der Waals surface area contributed by atoms with Crippen LogP contribution in [0.1, 0.15) is 51.0 Å². The molecule has 0 spiro atoms. The van der Waals surface area contributed by atoms with Crippen LogP contribution in [-0.2, 0) is 11.3 Å². The number of aliphatic imine (C=N–C) groups is 1. The van der Waals surface area contributed by atoms with Gasteiger partial charge in [0, 0.05) is 58.1 Å². The molecule has 4 rings (SSSR count). The number of rotatable bonds is 7. The first-order valence-corrected chi connectivity index (χ1v) is 12.5. The Morgan fingerprint density at radius 2 is 1.82 bits per heavy atom. The molecule has 1 amide bonds. The lowest BCUT2D eigenvalue weighted by atomic mass is 10.2. The Morgan fingerprint density at radius 1 is 1.09 bits per heavy atom. The Balaban J connectivity index is 0.00000306. The molecule has 0 radical (unpaired) electrons. The molecule has 2 saturated heterocycles. The Labute approximate surface area is 215 Å². The van der Waals surface area contributed by atoms with Gasteiger partial charge in [-0.25, -0.2) is 9.98 Å². The first-order valence-electron chi connectivity index (χ1n) is 12.5. The average Bonchev–Trinajstić information content (AvgIpc) is 3.64. The smallest absolute Gasteiger partial charge is 0.234 e. The highest BCUT2D eigenvalue weighted by atomic mass is 127. The van der Waals surface area contributed by atoms with Crippen molar-refractivity contribution in [1.82, 2.24) is 25.4 Å². The van der Waals surface area contributed by atoms with Gasteiger partial charge in [0.2, 0.25) is 5.91 Å². The molecule has 33 heavy (non-hydrogen) atoms. The standard InChI is InChI=1S/C24H39N7O.HI/c1-2-25-24(31-15-13-29(14-16-31)19-23(32)28-21-7-8-21)27-18-20-9-10-26-22(17-20)30-11-5-3-4-6-12-30;/h9-10,17,21H,2-8,11-16,18-19H2,1H3,(H,25,27)(H,28,32);1H. The number of pyridine rings is 1. The van der Waals surface area contributed by atoms with E-state index in [4.69, 9.17) is 4.99 Å². The Kier molecular flexibility index (Phi) is 10.5. The molecule has 0 aromatic carbocycles. The summed E-state index contributed by atoms with van der Waals surface area (Å²) in [6.07, 6.45) is 9.35. The molecular weight excluding hydrogens is 529 g/mol. The van der Waals surface area contributed by atoms with Gasteiger partial charge in [-0.2, -0.15) is 0 Å². The van der Waals surface area contributed by atoms with E-state index in [0.29, 0.717) is 19.1 Å². The Morgan fingerprint density at radius 3 is 2.48 bits per heavy atom. The molecule has 0 atom stereocenters. The maximum atomic E-state index is 12.1. The lowest BCUT2D eigenvalue weighted by molar-refractivity contribution is -0.122. The third kappa shape index (κ3) is 8.27. The monoisotopic (exact) mass is 569 g/mol. The summed E-state index contributed by atoms with van der Waals surface area (Å²) in [4.78, 5) is 28.6. The van der Waals surface area contributed by atoms with E-state index in [1.807, 2.05) is 6.20 Å². The number of carbonyl (C=O) groups is 1. The minimum Gasteiger partial charge on any atom is -0.357 e. The number of guanidine groups is 1. The molecule has 3 fully saturated rings. The minimum absolute atomic E-state index is 0. The van der Waals surface area contributed by atoms with Gasteiger partial charge < -0.3 is 20.4 Å². The lowest BCUT2D eigenvalue weighted by Crippen LogP contribution is -2.54. The third-order valence-corrected chi connectivity index (χ3v) is 6.47. The van der Waals surface area contributed by atoms with Crippen molar-refractivity contribution in [2.45, 2.75) is 58.0 Å². The average molecular weight is 570 g/mol. The highest BCUT2D eigenvalue weighted by Crippen LogP contribution is 2.19. The molecule has 3 heterocycles. The van der Waals surface area contributed by atoms with Gasteiger partial charge in [-0.05, 0) is 50.3 Å². The van der Waals surface area contributed by atoms with Crippen LogP contribution in [0.25, 0.3) is 0 Å². The summed E-state index contributed by atoms with van der Waals surface area (Å²) in [6, 6.07) is 4.71. The summed E-state index contributed by atoms with van der Waals surface area (Å²) in [5.74, 6) is 2.21. The number of hydrogen-bond donors (Lipinski definition) is 2. The number of halogens is 1. The number of nitrogens with one attached hydrogen (secondary N) is 2. The number of nitrogens with zero attached hydrogens (tertiary/aromatic N) is 5. The van der Waals surface area contributed by atoms with Crippen LogP contribution in [-0.4, -0.2) is 85.1 Å². The zero-order valence-corrected chi connectivity index (χ0v) is 22.3. The maximum absolute atomic E-state index is 12.1. The largest absolute Gasteiger partial charge is 0.357 e. The van der Waals surface area contributed by atoms with Gasteiger partial charge in [0.15, 0.2) is 5.96 Å². The molecular formula is C24H40IN7O. The van der Waals surface area contributed by atoms with Crippen molar-refractivity contribution in [3.05, 3.63) is 23.9 Å². The van der Waals surface area contributed by atoms with Gasteiger partial charge in [0.05, 0.1) is 13.1 Å². The van der Waals surface area contributed by atoms with Gasteiger partial charge >= 0.3 is 0 Å². The van der Waals surface area contributed by atoms with E-state index >= 15 is 0 Å². The van der Waals surface area contributed by atoms with Gasteiger partial charge in [0.1, 0.15) is 5.82 Å².